The molecule has 25 heavy (non-hydrogen) atoms. The fourth-order valence-electron chi connectivity index (χ4n) is 3.12. The van der Waals surface area contributed by atoms with E-state index in [1.807, 2.05) is 25.4 Å². The first kappa shape index (κ1) is 15.8. The maximum atomic E-state index is 9.52. The minimum absolute atomic E-state index is 0.648. The van der Waals surface area contributed by atoms with E-state index < -0.39 is 0 Å². The van der Waals surface area contributed by atoms with Crippen molar-refractivity contribution in [3.05, 3.63) is 57.9 Å². The zero-order chi connectivity index (χ0) is 17.2. The first-order valence-corrected chi connectivity index (χ1v) is 9.02. The third kappa shape index (κ3) is 3.02. The van der Waals surface area contributed by atoms with Crippen LogP contribution in [0.25, 0.3) is 5.82 Å². The number of fused-ring (bicyclic) bond motifs is 1. The number of hydrogen-bond donors (Lipinski definition) is 2. The van der Waals surface area contributed by atoms with Crippen LogP contribution in [0.4, 0.5) is 5.00 Å². The first-order chi connectivity index (χ1) is 12.3. The van der Waals surface area contributed by atoms with Gasteiger partial charge in [0, 0.05) is 36.6 Å². The Morgan fingerprint density at radius 1 is 1.48 bits per heavy atom. The van der Waals surface area contributed by atoms with Crippen LogP contribution in [-0.4, -0.2) is 21.3 Å². The average molecular weight is 350 g/mol. The van der Waals surface area contributed by atoms with Crippen molar-refractivity contribution in [2.45, 2.75) is 26.4 Å². The van der Waals surface area contributed by atoms with E-state index in [0.717, 1.165) is 47.0 Å². The molecule has 1 aliphatic heterocycles. The van der Waals surface area contributed by atoms with Gasteiger partial charge in [0.2, 0.25) is 0 Å². The van der Waals surface area contributed by atoms with E-state index in [4.69, 9.17) is 0 Å². The van der Waals surface area contributed by atoms with Crippen LogP contribution in [0.2, 0.25) is 0 Å². The van der Waals surface area contributed by atoms with Crippen molar-refractivity contribution in [2.75, 3.05) is 11.9 Å². The van der Waals surface area contributed by atoms with Crippen LogP contribution in [0.3, 0.4) is 0 Å². The molecule has 126 valence electrons. The zero-order valence-electron chi connectivity index (χ0n) is 13.9. The summed E-state index contributed by atoms with van der Waals surface area (Å²) in [6.07, 6.45) is 6.41. The van der Waals surface area contributed by atoms with Crippen LogP contribution in [-0.2, 0) is 19.5 Å². The van der Waals surface area contributed by atoms with Crippen LogP contribution < -0.4 is 10.6 Å². The van der Waals surface area contributed by atoms with Gasteiger partial charge in [0.1, 0.15) is 11.1 Å². The Bertz CT molecular complexity index is 935. The fourth-order valence-corrected chi connectivity index (χ4v) is 4.28. The van der Waals surface area contributed by atoms with Crippen LogP contribution >= 0.6 is 11.3 Å². The van der Waals surface area contributed by atoms with Gasteiger partial charge in [-0.1, -0.05) is 0 Å². The lowest BCUT2D eigenvalue weighted by molar-refractivity contribution is 0.654. The topological polar surface area (TPSA) is 78.6 Å². The van der Waals surface area contributed by atoms with Crippen molar-refractivity contribution in [3.8, 4) is 11.9 Å². The molecule has 3 aromatic heterocycles. The molecule has 0 spiro atoms. The molecule has 0 radical (unpaired) electrons. The summed E-state index contributed by atoms with van der Waals surface area (Å²) < 4.78 is 1.76. The molecule has 1 aliphatic rings. The number of aryl methyl sites for hydroxylation is 1. The van der Waals surface area contributed by atoms with Crippen LogP contribution in [0.15, 0.2) is 30.7 Å². The molecule has 0 saturated carbocycles. The number of rotatable bonds is 4. The second kappa shape index (κ2) is 6.67. The number of nitrogens with zero attached hydrogens (tertiary/aromatic N) is 4. The molecule has 4 rings (SSSR count). The maximum absolute atomic E-state index is 9.52. The Kier molecular flexibility index (Phi) is 4.22. The summed E-state index contributed by atoms with van der Waals surface area (Å²) in [5.41, 5.74) is 4.16. The summed E-state index contributed by atoms with van der Waals surface area (Å²) in [5.74, 6) is 0.837. The smallest absolute Gasteiger partial charge is 0.156 e. The molecule has 4 heterocycles. The Labute approximate surface area is 150 Å². The Morgan fingerprint density at radius 3 is 3.16 bits per heavy atom. The predicted molar refractivity (Wildman–Crippen MR) is 97.9 cm³/mol. The highest BCUT2D eigenvalue weighted by molar-refractivity contribution is 7.16. The predicted octanol–water partition coefficient (Wildman–Crippen LogP) is 2.77. The monoisotopic (exact) mass is 350 g/mol. The first-order valence-electron chi connectivity index (χ1n) is 8.21. The van der Waals surface area contributed by atoms with Crippen LogP contribution in [0, 0.1) is 18.3 Å². The Hall–Kier alpha value is -2.69. The molecule has 7 heteroatoms. The normalized spacial score (nSPS) is 13.3. The molecule has 0 atom stereocenters. The third-order valence-electron chi connectivity index (χ3n) is 4.32. The summed E-state index contributed by atoms with van der Waals surface area (Å²) >= 11 is 1.68. The molecular weight excluding hydrogens is 332 g/mol. The van der Waals surface area contributed by atoms with Crippen LogP contribution in [0.5, 0.6) is 0 Å². The van der Waals surface area contributed by atoms with E-state index >= 15 is 0 Å². The number of nitriles is 1. The lowest BCUT2D eigenvalue weighted by atomic mass is 10.1. The summed E-state index contributed by atoms with van der Waals surface area (Å²) in [4.78, 5) is 5.80. The van der Waals surface area contributed by atoms with Gasteiger partial charge in [-0.15, -0.1) is 11.3 Å². The molecule has 0 aliphatic carbocycles. The van der Waals surface area contributed by atoms with Crippen LogP contribution in [0.1, 0.15) is 27.1 Å². The molecule has 0 aromatic carbocycles. The molecule has 0 amide bonds. The Morgan fingerprint density at radius 2 is 2.40 bits per heavy atom. The molecule has 2 N–H and O–H groups in total. The van der Waals surface area contributed by atoms with Crippen molar-refractivity contribution in [3.63, 3.8) is 0 Å². The quantitative estimate of drug-likeness (QED) is 0.756. The maximum Gasteiger partial charge on any atom is 0.156 e. The molecule has 3 aromatic rings. The van der Waals surface area contributed by atoms with Crippen molar-refractivity contribution in [2.24, 2.45) is 0 Å². The lowest BCUT2D eigenvalue weighted by Crippen LogP contribution is -2.22. The van der Waals surface area contributed by atoms with Crippen molar-refractivity contribution in [1.82, 2.24) is 20.1 Å². The number of nitrogens with one attached hydrogen (secondary N) is 2. The summed E-state index contributed by atoms with van der Waals surface area (Å²) in [7, 11) is 0. The van der Waals surface area contributed by atoms with Crippen molar-refractivity contribution in [1.29, 1.82) is 5.26 Å². The number of aromatic nitrogens is 3. The van der Waals surface area contributed by atoms with Gasteiger partial charge in [0.05, 0.1) is 5.56 Å². The number of pyridine rings is 1. The fraction of sp³-hybridized carbons (Fsp3) is 0.278. The molecule has 6 nitrogen and oxygen atoms in total. The molecule has 0 unspecified atom stereocenters. The van der Waals surface area contributed by atoms with E-state index in [9.17, 15) is 5.26 Å². The van der Waals surface area contributed by atoms with Crippen molar-refractivity contribution < 1.29 is 0 Å². The standard InChI is InChI=1S/C18H18N6S/c1-12-7-13(9-21-17(12)24-6-2-4-23-24)10-22-18-15(8-19)14-3-5-20-11-16(14)25-18/h2,4,6-7,9,20,22H,3,5,10-11H2,1H3. The average Bonchev–Trinajstić information content (AvgIpc) is 3.27. The van der Waals surface area contributed by atoms with E-state index in [2.05, 4.69) is 32.9 Å². The van der Waals surface area contributed by atoms with Gasteiger partial charge < -0.3 is 10.6 Å². The largest absolute Gasteiger partial charge is 0.372 e. The second-order valence-electron chi connectivity index (χ2n) is 6.03. The van der Waals surface area contributed by atoms with Gasteiger partial charge in [0.15, 0.2) is 5.82 Å². The van der Waals surface area contributed by atoms with Gasteiger partial charge in [-0.05, 0) is 48.7 Å². The lowest BCUT2D eigenvalue weighted by Gasteiger charge is -2.11. The highest BCUT2D eigenvalue weighted by atomic mass is 32.1. The number of thiophene rings is 1. The highest BCUT2D eigenvalue weighted by Gasteiger charge is 2.20. The number of anilines is 1. The van der Waals surface area contributed by atoms with Gasteiger partial charge in [0.25, 0.3) is 0 Å². The number of hydrogen-bond acceptors (Lipinski definition) is 6. The summed E-state index contributed by atoms with van der Waals surface area (Å²) in [6.45, 7) is 4.48. The van der Waals surface area contributed by atoms with E-state index in [0.29, 0.717) is 6.54 Å². The van der Waals surface area contributed by atoms with Gasteiger partial charge in [-0.3, -0.25) is 0 Å². The van der Waals surface area contributed by atoms with Gasteiger partial charge >= 0.3 is 0 Å². The highest BCUT2D eigenvalue weighted by Crippen LogP contribution is 2.35. The van der Waals surface area contributed by atoms with Gasteiger partial charge in [-0.2, -0.15) is 10.4 Å². The minimum atomic E-state index is 0.648. The zero-order valence-corrected chi connectivity index (χ0v) is 14.7. The van der Waals surface area contributed by atoms with E-state index in [-0.39, 0.29) is 0 Å². The minimum Gasteiger partial charge on any atom is -0.372 e. The van der Waals surface area contributed by atoms with Gasteiger partial charge in [-0.25, -0.2) is 9.67 Å². The Balaban J connectivity index is 1.53. The third-order valence-corrected chi connectivity index (χ3v) is 5.51. The van der Waals surface area contributed by atoms with E-state index in [1.54, 1.807) is 22.2 Å². The van der Waals surface area contributed by atoms with Crippen molar-refractivity contribution >= 4 is 16.3 Å². The second-order valence-corrected chi connectivity index (χ2v) is 7.14. The summed E-state index contributed by atoms with van der Waals surface area (Å²) in [5, 5.41) is 21.5. The van der Waals surface area contributed by atoms with E-state index in [1.165, 1.54) is 10.4 Å². The molecule has 0 bridgehead atoms. The molecular formula is C18H18N6S. The molecule has 0 saturated heterocycles. The SMILES string of the molecule is Cc1cc(CNc2sc3c(c2C#N)CCNC3)cnc1-n1cccn1. The molecule has 0 fully saturated rings. The summed E-state index contributed by atoms with van der Waals surface area (Å²) in [6, 6.07) is 6.36.